The van der Waals surface area contributed by atoms with Gasteiger partial charge in [0.1, 0.15) is 17.7 Å². The Kier molecular flexibility index (Phi) is 6.17. The molecule has 4 heterocycles. The summed E-state index contributed by atoms with van der Waals surface area (Å²) in [5.41, 5.74) is 3.05. The molecule has 2 N–H and O–H groups in total. The molecule has 1 unspecified atom stereocenters. The first-order valence-corrected chi connectivity index (χ1v) is 14.2. The second kappa shape index (κ2) is 9.81. The number of amides is 4. The lowest BCUT2D eigenvalue weighted by atomic mass is 9.80. The molecule has 3 aromatic rings. The third-order valence-electron chi connectivity index (χ3n) is 8.72. The fraction of sp³-hybridized carbons (Fsp3) is 0.400. The van der Waals surface area contributed by atoms with E-state index in [0.29, 0.717) is 18.2 Å². The van der Waals surface area contributed by atoms with Gasteiger partial charge in [-0.05, 0) is 69.2 Å². The van der Waals surface area contributed by atoms with E-state index in [9.17, 15) is 28.0 Å². The topological polar surface area (TPSA) is 126 Å². The zero-order valence-electron chi connectivity index (χ0n) is 22.8. The van der Waals surface area contributed by atoms with Crippen LogP contribution in [0.5, 0.6) is 0 Å². The molecule has 1 saturated heterocycles. The number of nitrogens with zero attached hydrogens (tertiary/aromatic N) is 4. The number of rotatable bonds is 7. The predicted octanol–water partition coefficient (Wildman–Crippen LogP) is 3.87. The molecule has 3 fully saturated rings. The summed E-state index contributed by atoms with van der Waals surface area (Å²) in [5.74, 6) is -2.95. The Bertz CT molecular complexity index is 1680. The third-order valence-corrected chi connectivity index (χ3v) is 8.72. The van der Waals surface area contributed by atoms with E-state index in [2.05, 4.69) is 15.6 Å². The highest BCUT2D eigenvalue weighted by Gasteiger charge is 2.45. The SMILES string of the molecule is Cc1nc(-c2cn([C@H]3C[C@H](CNc4cc5c(cc4F)C(=O)N(C4CCC(=O)NC4=O)C5=O)C3)nc2C2CC2)ccc1F. The summed E-state index contributed by atoms with van der Waals surface area (Å²) in [6, 6.07) is 4.56. The number of carbonyl (C=O) groups excluding carboxylic acids is 4. The Morgan fingerprint density at radius 1 is 0.976 bits per heavy atom. The lowest BCUT2D eigenvalue weighted by Gasteiger charge is -2.35. The van der Waals surface area contributed by atoms with Gasteiger partial charge in [0.15, 0.2) is 0 Å². The summed E-state index contributed by atoms with van der Waals surface area (Å²) in [5, 5.41) is 10.1. The van der Waals surface area contributed by atoms with Gasteiger partial charge in [0.25, 0.3) is 11.8 Å². The van der Waals surface area contributed by atoms with Crippen molar-refractivity contribution < 1.29 is 28.0 Å². The van der Waals surface area contributed by atoms with Crippen LogP contribution in [-0.4, -0.2) is 55.9 Å². The molecule has 4 amide bonds. The van der Waals surface area contributed by atoms with Crippen LogP contribution < -0.4 is 10.6 Å². The van der Waals surface area contributed by atoms with Crippen molar-refractivity contribution in [1.82, 2.24) is 25.0 Å². The molecule has 10 nitrogen and oxygen atoms in total. The summed E-state index contributed by atoms with van der Waals surface area (Å²) < 4.78 is 30.8. The van der Waals surface area contributed by atoms with E-state index in [1.54, 1.807) is 13.0 Å². The molecule has 2 saturated carbocycles. The van der Waals surface area contributed by atoms with Crippen molar-refractivity contribution in [2.24, 2.45) is 5.92 Å². The van der Waals surface area contributed by atoms with Crippen LogP contribution in [0.15, 0.2) is 30.5 Å². The van der Waals surface area contributed by atoms with Crippen LogP contribution in [0.1, 0.15) is 82.6 Å². The fourth-order valence-corrected chi connectivity index (χ4v) is 6.11. The summed E-state index contributed by atoms with van der Waals surface area (Å²) >= 11 is 0. The molecule has 4 aliphatic rings. The molecule has 0 bridgehead atoms. The predicted molar refractivity (Wildman–Crippen MR) is 145 cm³/mol. The lowest BCUT2D eigenvalue weighted by molar-refractivity contribution is -0.136. The molecule has 216 valence electrons. The van der Waals surface area contributed by atoms with E-state index in [4.69, 9.17) is 5.10 Å². The molecule has 7 rings (SSSR count). The van der Waals surface area contributed by atoms with Crippen LogP contribution in [0.2, 0.25) is 0 Å². The van der Waals surface area contributed by atoms with Crippen LogP contribution >= 0.6 is 0 Å². The van der Waals surface area contributed by atoms with Crippen molar-refractivity contribution in [3.63, 3.8) is 0 Å². The number of nitrogens with one attached hydrogen (secondary N) is 2. The lowest BCUT2D eigenvalue weighted by Crippen LogP contribution is -2.54. The Labute approximate surface area is 239 Å². The van der Waals surface area contributed by atoms with Crippen molar-refractivity contribution in [2.45, 2.75) is 63.5 Å². The average molecular weight is 575 g/mol. The minimum Gasteiger partial charge on any atom is -0.382 e. The first-order chi connectivity index (χ1) is 20.2. The van der Waals surface area contributed by atoms with E-state index in [-0.39, 0.29) is 47.4 Å². The number of benzene rings is 1. The Hall–Kier alpha value is -4.48. The molecule has 2 aromatic heterocycles. The quantitative estimate of drug-likeness (QED) is 0.410. The van der Waals surface area contributed by atoms with E-state index in [1.165, 1.54) is 12.1 Å². The minimum atomic E-state index is -1.10. The highest BCUT2D eigenvalue weighted by molar-refractivity contribution is 6.23. The Morgan fingerprint density at radius 3 is 2.40 bits per heavy atom. The molecule has 2 aliphatic carbocycles. The molecule has 0 radical (unpaired) electrons. The summed E-state index contributed by atoms with van der Waals surface area (Å²) in [7, 11) is 0. The average Bonchev–Trinajstić information content (AvgIpc) is 3.64. The van der Waals surface area contributed by atoms with E-state index < -0.39 is 35.5 Å². The van der Waals surface area contributed by atoms with Gasteiger partial charge in [-0.2, -0.15) is 5.10 Å². The second-order valence-electron chi connectivity index (χ2n) is 11.6. The summed E-state index contributed by atoms with van der Waals surface area (Å²) in [6.07, 6.45) is 5.84. The normalized spacial score (nSPS) is 23.6. The van der Waals surface area contributed by atoms with Gasteiger partial charge < -0.3 is 5.32 Å². The molecule has 2 aliphatic heterocycles. The van der Waals surface area contributed by atoms with Gasteiger partial charge in [0.05, 0.1) is 39.9 Å². The maximum Gasteiger partial charge on any atom is 0.262 e. The Morgan fingerprint density at radius 2 is 1.71 bits per heavy atom. The number of hydrogen-bond acceptors (Lipinski definition) is 7. The summed E-state index contributed by atoms with van der Waals surface area (Å²) in [4.78, 5) is 55.0. The fourth-order valence-electron chi connectivity index (χ4n) is 6.11. The Balaban J connectivity index is 1.01. The van der Waals surface area contributed by atoms with Crippen LogP contribution in [0.3, 0.4) is 0 Å². The number of pyridine rings is 1. The van der Waals surface area contributed by atoms with Crippen LogP contribution in [-0.2, 0) is 9.59 Å². The van der Waals surface area contributed by atoms with Crippen molar-refractivity contribution in [1.29, 1.82) is 0 Å². The van der Waals surface area contributed by atoms with E-state index in [0.717, 1.165) is 53.6 Å². The number of fused-ring (bicyclic) bond motifs is 1. The zero-order valence-corrected chi connectivity index (χ0v) is 22.8. The minimum absolute atomic E-state index is 0.0118. The van der Waals surface area contributed by atoms with Gasteiger partial charge in [-0.1, -0.05) is 0 Å². The van der Waals surface area contributed by atoms with Crippen LogP contribution in [0.25, 0.3) is 11.3 Å². The number of aryl methyl sites for hydroxylation is 1. The molecule has 1 atom stereocenters. The summed E-state index contributed by atoms with van der Waals surface area (Å²) in [6.45, 7) is 2.11. The third kappa shape index (κ3) is 4.45. The van der Waals surface area contributed by atoms with Crippen molar-refractivity contribution in [2.75, 3.05) is 11.9 Å². The number of halogens is 2. The number of carbonyl (C=O) groups is 4. The molecule has 12 heteroatoms. The second-order valence-corrected chi connectivity index (χ2v) is 11.6. The number of imide groups is 2. The number of piperidine rings is 1. The number of anilines is 1. The number of hydrogen-bond donors (Lipinski definition) is 2. The monoisotopic (exact) mass is 574 g/mol. The van der Waals surface area contributed by atoms with Gasteiger partial charge in [0, 0.05) is 30.6 Å². The first-order valence-electron chi connectivity index (χ1n) is 14.2. The highest BCUT2D eigenvalue weighted by Crippen LogP contribution is 2.45. The molecule has 42 heavy (non-hydrogen) atoms. The maximum atomic E-state index is 15.0. The molecular weight excluding hydrogens is 546 g/mol. The maximum absolute atomic E-state index is 15.0. The van der Waals surface area contributed by atoms with Crippen molar-refractivity contribution in [3.8, 4) is 11.3 Å². The molecule has 1 aromatic carbocycles. The first kappa shape index (κ1) is 26.4. The van der Waals surface area contributed by atoms with Crippen molar-refractivity contribution >= 4 is 29.3 Å². The van der Waals surface area contributed by atoms with Crippen LogP contribution in [0, 0.1) is 24.5 Å². The molecular formula is C30H28F2N6O4. The zero-order chi connectivity index (χ0) is 29.3. The van der Waals surface area contributed by atoms with Gasteiger partial charge in [-0.15, -0.1) is 0 Å². The van der Waals surface area contributed by atoms with Crippen molar-refractivity contribution in [3.05, 3.63) is 64.6 Å². The smallest absolute Gasteiger partial charge is 0.262 e. The van der Waals surface area contributed by atoms with Gasteiger partial charge in [-0.25, -0.2) is 13.8 Å². The van der Waals surface area contributed by atoms with Gasteiger partial charge in [-0.3, -0.25) is 34.1 Å². The number of aromatic nitrogens is 3. The highest BCUT2D eigenvalue weighted by atomic mass is 19.1. The van der Waals surface area contributed by atoms with Crippen LogP contribution in [0.4, 0.5) is 14.5 Å². The van der Waals surface area contributed by atoms with Gasteiger partial charge >= 0.3 is 0 Å². The van der Waals surface area contributed by atoms with E-state index in [1.807, 2.05) is 10.9 Å². The molecule has 0 spiro atoms. The largest absolute Gasteiger partial charge is 0.382 e. The standard InChI is InChI=1S/C30H28F2N6O4/c1-14-21(31)4-5-23(34-14)20-13-37(36-27(20)16-2-3-16)17-8-15(9-17)12-33-24-11-19-18(10-22(24)32)29(41)38(30(19)42)25-6-7-26(39)35-28(25)40/h4-5,10-11,13,15-17,25,33H,2-3,6-9,12H2,1H3,(H,35,39,40)/t15-,17-,25?. The van der Waals surface area contributed by atoms with Gasteiger partial charge in [0.2, 0.25) is 11.8 Å². The van der Waals surface area contributed by atoms with E-state index >= 15 is 0 Å².